The zero-order valence-corrected chi connectivity index (χ0v) is 22.7. The molecule has 3 aromatic rings. The molecule has 2 aromatic carbocycles. The molecule has 1 aliphatic heterocycles. The van der Waals surface area contributed by atoms with E-state index in [-0.39, 0.29) is 10.8 Å². The predicted molar refractivity (Wildman–Crippen MR) is 143 cm³/mol. The van der Waals surface area contributed by atoms with E-state index in [0.29, 0.717) is 36.1 Å². The maximum atomic E-state index is 13.9. The summed E-state index contributed by atoms with van der Waals surface area (Å²) in [4.78, 5) is 22.7. The lowest BCUT2D eigenvalue weighted by molar-refractivity contribution is -0.121. The van der Waals surface area contributed by atoms with E-state index in [9.17, 15) is 13.2 Å². The van der Waals surface area contributed by atoms with Gasteiger partial charge in [0.15, 0.2) is 5.13 Å². The van der Waals surface area contributed by atoms with Crippen LogP contribution in [0.25, 0.3) is 10.2 Å². The van der Waals surface area contributed by atoms with E-state index in [1.807, 2.05) is 26.2 Å². The van der Waals surface area contributed by atoms with E-state index in [0.717, 1.165) is 35.2 Å². The van der Waals surface area contributed by atoms with Crippen molar-refractivity contribution in [3.63, 3.8) is 0 Å². The van der Waals surface area contributed by atoms with Crippen LogP contribution in [0.15, 0.2) is 47.4 Å². The van der Waals surface area contributed by atoms with Crippen LogP contribution in [0.2, 0.25) is 5.02 Å². The molecule has 1 saturated heterocycles. The predicted octanol–water partition coefficient (Wildman–Crippen LogP) is 4.65. The SMILES string of the molecule is CCc1cccc2sc(N(CCCN(C)C)C(=O)C3CCCN3S(=O)(=O)c3ccc(Cl)cc3)nc12. The molecule has 1 aliphatic rings. The molecule has 4 rings (SSSR count). The molecule has 0 radical (unpaired) electrons. The Labute approximate surface area is 216 Å². The maximum absolute atomic E-state index is 13.9. The number of hydrogen-bond acceptors (Lipinski definition) is 6. The van der Waals surface area contributed by atoms with Gasteiger partial charge in [-0.05, 0) is 82.2 Å². The average Bonchev–Trinajstić information content (AvgIpc) is 3.49. The van der Waals surface area contributed by atoms with Crippen molar-refractivity contribution >= 4 is 54.2 Å². The van der Waals surface area contributed by atoms with Crippen molar-refractivity contribution < 1.29 is 13.2 Å². The topological polar surface area (TPSA) is 73.8 Å². The Bertz CT molecular complexity index is 1290. The number of hydrogen-bond donors (Lipinski definition) is 0. The summed E-state index contributed by atoms with van der Waals surface area (Å²) >= 11 is 7.44. The molecular formula is C25H31ClN4O3S2. The Hall–Kier alpha value is -2.04. The summed E-state index contributed by atoms with van der Waals surface area (Å²) in [6.45, 7) is 3.69. The third kappa shape index (κ3) is 5.54. The van der Waals surface area contributed by atoms with Crippen molar-refractivity contribution in [3.05, 3.63) is 53.1 Å². The Balaban J connectivity index is 1.67. The van der Waals surface area contributed by atoms with Gasteiger partial charge in [0.1, 0.15) is 6.04 Å². The maximum Gasteiger partial charge on any atom is 0.247 e. The molecule has 0 N–H and O–H groups in total. The van der Waals surface area contributed by atoms with Crippen LogP contribution < -0.4 is 4.90 Å². The number of anilines is 1. The minimum absolute atomic E-state index is 0.147. The van der Waals surface area contributed by atoms with Gasteiger partial charge in [0, 0.05) is 18.1 Å². The van der Waals surface area contributed by atoms with Gasteiger partial charge in [-0.25, -0.2) is 13.4 Å². The first kappa shape index (κ1) is 26.0. The van der Waals surface area contributed by atoms with Crippen molar-refractivity contribution in [3.8, 4) is 0 Å². The molecule has 0 spiro atoms. The lowest BCUT2D eigenvalue weighted by Gasteiger charge is -2.29. The summed E-state index contributed by atoms with van der Waals surface area (Å²) in [6.07, 6.45) is 2.73. The van der Waals surface area contributed by atoms with Crippen LogP contribution >= 0.6 is 22.9 Å². The van der Waals surface area contributed by atoms with Crippen LogP contribution in [0.3, 0.4) is 0 Å². The van der Waals surface area contributed by atoms with Gasteiger partial charge in [0.2, 0.25) is 15.9 Å². The van der Waals surface area contributed by atoms with Crippen molar-refractivity contribution in [1.82, 2.24) is 14.2 Å². The zero-order valence-electron chi connectivity index (χ0n) is 20.3. The number of sulfonamides is 1. The first-order valence-corrected chi connectivity index (χ1v) is 14.5. The highest BCUT2D eigenvalue weighted by Crippen LogP contribution is 2.34. The molecule has 10 heteroatoms. The average molecular weight is 535 g/mol. The van der Waals surface area contributed by atoms with Crippen LogP contribution in [0.1, 0.15) is 31.7 Å². The van der Waals surface area contributed by atoms with E-state index < -0.39 is 16.1 Å². The summed E-state index contributed by atoms with van der Waals surface area (Å²) in [5.74, 6) is -0.212. The van der Waals surface area contributed by atoms with E-state index >= 15 is 0 Å². The number of nitrogens with zero attached hydrogens (tertiary/aromatic N) is 4. The second-order valence-electron chi connectivity index (χ2n) is 8.99. The zero-order chi connectivity index (χ0) is 25.2. The Kier molecular flexibility index (Phi) is 8.12. The largest absolute Gasteiger partial charge is 0.309 e. The third-order valence-electron chi connectivity index (χ3n) is 6.27. The summed E-state index contributed by atoms with van der Waals surface area (Å²) in [5.41, 5.74) is 2.05. The van der Waals surface area contributed by atoms with Crippen molar-refractivity contribution in [2.45, 2.75) is 43.5 Å². The fraction of sp³-hybridized carbons (Fsp3) is 0.440. The molecule has 2 heterocycles. The second-order valence-corrected chi connectivity index (χ2v) is 12.3. The molecule has 35 heavy (non-hydrogen) atoms. The van der Waals surface area contributed by atoms with E-state index in [4.69, 9.17) is 16.6 Å². The lowest BCUT2D eigenvalue weighted by Crippen LogP contribution is -2.48. The molecule has 7 nitrogen and oxygen atoms in total. The number of carbonyl (C=O) groups is 1. The number of aromatic nitrogens is 1. The summed E-state index contributed by atoms with van der Waals surface area (Å²) < 4.78 is 29.3. The minimum atomic E-state index is -3.83. The number of halogens is 1. The molecular weight excluding hydrogens is 504 g/mol. The molecule has 1 amide bonds. The quantitative estimate of drug-likeness (QED) is 0.399. The fourth-order valence-electron chi connectivity index (χ4n) is 4.44. The minimum Gasteiger partial charge on any atom is -0.309 e. The fourth-order valence-corrected chi connectivity index (χ4v) is 7.26. The first-order chi connectivity index (χ1) is 16.7. The number of aryl methyl sites for hydroxylation is 1. The van der Waals surface area contributed by atoms with Gasteiger partial charge >= 0.3 is 0 Å². The summed E-state index contributed by atoms with van der Waals surface area (Å²) in [7, 11) is 0.157. The highest BCUT2D eigenvalue weighted by molar-refractivity contribution is 7.89. The molecule has 1 unspecified atom stereocenters. The van der Waals surface area contributed by atoms with Crippen LogP contribution in [-0.2, 0) is 21.2 Å². The summed E-state index contributed by atoms with van der Waals surface area (Å²) in [5, 5.41) is 1.09. The first-order valence-electron chi connectivity index (χ1n) is 11.8. The van der Waals surface area contributed by atoms with E-state index in [2.05, 4.69) is 17.9 Å². The van der Waals surface area contributed by atoms with Crippen molar-refractivity contribution in [2.75, 3.05) is 38.6 Å². The molecule has 0 saturated carbocycles. The smallest absolute Gasteiger partial charge is 0.247 e. The number of thiazole rings is 1. The van der Waals surface area contributed by atoms with Gasteiger partial charge in [-0.15, -0.1) is 0 Å². The highest BCUT2D eigenvalue weighted by Gasteiger charge is 2.42. The van der Waals surface area contributed by atoms with Gasteiger partial charge in [0.25, 0.3) is 0 Å². The molecule has 1 atom stereocenters. The second kappa shape index (κ2) is 10.9. The standard InChI is InChI=1S/C25H31ClN4O3S2/c1-4-18-8-5-10-22-23(18)27-25(34-22)29(16-7-15-28(2)3)24(31)21-9-6-17-30(21)35(32,33)20-13-11-19(26)12-14-20/h5,8,10-14,21H,4,6-7,9,15-17H2,1-3H3. The Morgan fingerprint density at radius 2 is 1.91 bits per heavy atom. The Morgan fingerprint density at radius 3 is 2.60 bits per heavy atom. The number of amides is 1. The monoisotopic (exact) mass is 534 g/mol. The van der Waals surface area contributed by atoms with Crippen LogP contribution in [0.5, 0.6) is 0 Å². The third-order valence-corrected chi connectivity index (χ3v) is 9.48. The number of para-hydroxylation sites is 1. The van der Waals surface area contributed by atoms with Crippen LogP contribution in [-0.4, -0.2) is 68.3 Å². The normalized spacial score (nSPS) is 16.9. The van der Waals surface area contributed by atoms with Crippen molar-refractivity contribution in [1.29, 1.82) is 0 Å². The van der Waals surface area contributed by atoms with Gasteiger partial charge in [-0.3, -0.25) is 9.69 Å². The molecule has 1 aromatic heterocycles. The molecule has 0 aliphatic carbocycles. The lowest BCUT2D eigenvalue weighted by atomic mass is 10.1. The van der Waals surface area contributed by atoms with E-state index in [1.165, 1.54) is 27.8 Å². The number of benzene rings is 2. The van der Waals surface area contributed by atoms with Gasteiger partial charge in [-0.1, -0.05) is 42.0 Å². The van der Waals surface area contributed by atoms with Gasteiger partial charge in [-0.2, -0.15) is 4.31 Å². The summed E-state index contributed by atoms with van der Waals surface area (Å²) in [6, 6.07) is 11.4. The van der Waals surface area contributed by atoms with Crippen LogP contribution in [0, 0.1) is 0 Å². The molecule has 188 valence electrons. The van der Waals surface area contributed by atoms with E-state index in [1.54, 1.807) is 17.0 Å². The molecule has 1 fully saturated rings. The van der Waals surface area contributed by atoms with Gasteiger partial charge in [0.05, 0.1) is 15.1 Å². The van der Waals surface area contributed by atoms with Gasteiger partial charge < -0.3 is 4.90 Å². The van der Waals surface area contributed by atoms with Crippen LogP contribution in [0.4, 0.5) is 5.13 Å². The number of fused-ring (bicyclic) bond motifs is 1. The number of rotatable bonds is 9. The Morgan fingerprint density at radius 1 is 1.17 bits per heavy atom. The van der Waals surface area contributed by atoms with Crippen molar-refractivity contribution in [2.24, 2.45) is 0 Å². The highest BCUT2D eigenvalue weighted by atomic mass is 35.5. The molecule has 0 bridgehead atoms. The number of carbonyl (C=O) groups excluding carboxylic acids is 1.